The van der Waals surface area contributed by atoms with Crippen molar-refractivity contribution in [1.29, 1.82) is 0 Å². The fourth-order valence-electron chi connectivity index (χ4n) is 0.561. The molecule has 1 rings (SSSR count). The van der Waals surface area contributed by atoms with Crippen LogP contribution in [0.1, 0.15) is 0 Å². The molecule has 0 spiro atoms. The molecule has 0 radical (unpaired) electrons. The number of nitrogens with zero attached hydrogens (tertiary/aromatic N) is 1. The zero-order valence-electron chi connectivity index (χ0n) is 5.16. The molecule has 0 atom stereocenters. The Labute approximate surface area is 58.5 Å². The van der Waals surface area contributed by atoms with E-state index in [1.165, 1.54) is 0 Å². The number of pyridine rings is 1. The highest BCUT2D eigenvalue weighted by atomic mass is 32.2. The van der Waals surface area contributed by atoms with E-state index in [0.29, 0.717) is 0 Å². The van der Waals surface area contributed by atoms with Crippen LogP contribution in [0.3, 0.4) is 0 Å². The molecule has 0 aliphatic heterocycles. The van der Waals surface area contributed by atoms with Crippen LogP contribution in [-0.2, 0) is 0 Å². The number of rotatable bonds is 1. The minimum absolute atomic E-state index is 0.803. The van der Waals surface area contributed by atoms with Gasteiger partial charge in [-0.15, -0.1) is 11.8 Å². The van der Waals surface area contributed by atoms with Crippen LogP contribution in [0.15, 0.2) is 23.4 Å². The van der Waals surface area contributed by atoms with Crippen LogP contribution in [0.25, 0.3) is 0 Å². The van der Waals surface area contributed by atoms with Crippen LogP contribution < -0.4 is 5.73 Å². The van der Waals surface area contributed by atoms with Gasteiger partial charge in [-0.05, 0) is 12.3 Å². The third-order valence-electron chi connectivity index (χ3n) is 1.04. The molecule has 0 saturated heterocycles. The molecular weight excluding hydrogens is 132 g/mol. The van der Waals surface area contributed by atoms with E-state index in [2.05, 4.69) is 4.98 Å². The number of anilines is 1. The summed E-state index contributed by atoms with van der Waals surface area (Å²) in [4.78, 5) is 4.95. The largest absolute Gasteiger partial charge is 0.398 e. The Balaban J connectivity index is 3.01. The van der Waals surface area contributed by atoms with Gasteiger partial charge in [-0.25, -0.2) is 0 Å². The van der Waals surface area contributed by atoms with Crippen LogP contribution >= 0.6 is 11.8 Å². The Hall–Kier alpha value is -0.700. The quantitative estimate of drug-likeness (QED) is 0.599. The van der Waals surface area contributed by atoms with E-state index >= 15 is 0 Å². The first-order valence-corrected chi connectivity index (χ1v) is 3.80. The van der Waals surface area contributed by atoms with Gasteiger partial charge in [0.15, 0.2) is 0 Å². The first-order chi connectivity index (χ1) is 4.34. The minimum Gasteiger partial charge on any atom is -0.398 e. The van der Waals surface area contributed by atoms with Gasteiger partial charge in [0.1, 0.15) is 0 Å². The van der Waals surface area contributed by atoms with E-state index in [1.54, 1.807) is 30.2 Å². The summed E-state index contributed by atoms with van der Waals surface area (Å²) in [7, 11) is 0. The van der Waals surface area contributed by atoms with Gasteiger partial charge < -0.3 is 5.73 Å². The van der Waals surface area contributed by atoms with Crippen LogP contribution in [0.4, 0.5) is 5.69 Å². The molecule has 1 aromatic heterocycles. The molecule has 0 unspecified atom stereocenters. The van der Waals surface area contributed by atoms with Crippen LogP contribution in [0.2, 0.25) is 0 Å². The first kappa shape index (κ1) is 6.42. The summed E-state index contributed by atoms with van der Waals surface area (Å²) in [5.41, 5.74) is 6.37. The van der Waals surface area contributed by atoms with E-state index in [4.69, 9.17) is 5.73 Å². The lowest BCUT2D eigenvalue weighted by Gasteiger charge is -1.97. The number of aromatic nitrogens is 1. The number of nitrogens with two attached hydrogens (primary N) is 1. The van der Waals surface area contributed by atoms with Gasteiger partial charge >= 0.3 is 0 Å². The summed E-state index contributed by atoms with van der Waals surface area (Å²) in [6, 6.07) is 1.80. The van der Waals surface area contributed by atoms with Crippen molar-refractivity contribution in [2.45, 2.75) is 4.90 Å². The van der Waals surface area contributed by atoms with Crippen molar-refractivity contribution in [3.8, 4) is 0 Å². The molecule has 0 aromatic carbocycles. The predicted molar refractivity (Wildman–Crippen MR) is 40.4 cm³/mol. The molecule has 2 nitrogen and oxygen atoms in total. The molecule has 2 N–H and O–H groups in total. The van der Waals surface area contributed by atoms with Crippen molar-refractivity contribution in [1.82, 2.24) is 4.98 Å². The fraction of sp³-hybridized carbons (Fsp3) is 0.167. The van der Waals surface area contributed by atoms with Crippen molar-refractivity contribution in [2.75, 3.05) is 12.0 Å². The maximum atomic E-state index is 5.57. The van der Waals surface area contributed by atoms with Crippen LogP contribution in [0.5, 0.6) is 0 Å². The van der Waals surface area contributed by atoms with Crippen molar-refractivity contribution < 1.29 is 0 Å². The van der Waals surface area contributed by atoms with Gasteiger partial charge in [0.05, 0.1) is 0 Å². The third kappa shape index (κ3) is 1.36. The molecule has 0 aliphatic rings. The molecule has 48 valence electrons. The van der Waals surface area contributed by atoms with Crippen molar-refractivity contribution in [3.63, 3.8) is 0 Å². The van der Waals surface area contributed by atoms with Crippen LogP contribution in [0, 0.1) is 0 Å². The van der Waals surface area contributed by atoms with Crippen molar-refractivity contribution in [2.24, 2.45) is 0 Å². The second-order valence-corrected chi connectivity index (χ2v) is 2.47. The topological polar surface area (TPSA) is 38.9 Å². The number of hydrogen-bond acceptors (Lipinski definition) is 3. The summed E-state index contributed by atoms with van der Waals surface area (Å²) in [5.74, 6) is 0. The van der Waals surface area contributed by atoms with E-state index in [0.717, 1.165) is 10.6 Å². The first-order valence-electron chi connectivity index (χ1n) is 2.58. The Morgan fingerprint density at radius 3 is 2.89 bits per heavy atom. The highest BCUT2D eigenvalue weighted by Gasteiger charge is 1.92. The molecule has 0 aliphatic carbocycles. The second-order valence-electron chi connectivity index (χ2n) is 1.62. The average molecular weight is 140 g/mol. The Kier molecular flexibility index (Phi) is 1.95. The summed E-state index contributed by atoms with van der Waals surface area (Å²) < 4.78 is 0. The summed E-state index contributed by atoms with van der Waals surface area (Å²) in [6.07, 6.45) is 5.43. The molecule has 0 fully saturated rings. The molecule has 1 aromatic rings. The minimum atomic E-state index is 0.803. The molecule has 1 heterocycles. The molecule has 9 heavy (non-hydrogen) atoms. The average Bonchev–Trinajstić information content (AvgIpc) is 1.89. The normalized spacial score (nSPS) is 9.44. The molecule has 0 saturated carbocycles. The smallest absolute Gasteiger partial charge is 0.0483 e. The molecular formula is C6H8N2S. The second kappa shape index (κ2) is 2.73. The van der Waals surface area contributed by atoms with E-state index in [-0.39, 0.29) is 0 Å². The van der Waals surface area contributed by atoms with Crippen LogP contribution in [-0.4, -0.2) is 11.2 Å². The van der Waals surface area contributed by atoms with E-state index < -0.39 is 0 Å². The number of nitrogen functional groups attached to an aromatic ring is 1. The summed E-state index contributed by atoms with van der Waals surface area (Å²) >= 11 is 1.61. The van der Waals surface area contributed by atoms with Gasteiger partial charge in [0.2, 0.25) is 0 Å². The maximum Gasteiger partial charge on any atom is 0.0483 e. The molecule has 0 bridgehead atoms. The maximum absolute atomic E-state index is 5.57. The lowest BCUT2D eigenvalue weighted by molar-refractivity contribution is 1.25. The Morgan fingerprint density at radius 2 is 2.44 bits per heavy atom. The Bertz CT molecular complexity index is 200. The highest BCUT2D eigenvalue weighted by molar-refractivity contribution is 7.98. The summed E-state index contributed by atoms with van der Waals surface area (Å²) in [6.45, 7) is 0. The zero-order valence-corrected chi connectivity index (χ0v) is 5.98. The van der Waals surface area contributed by atoms with E-state index in [1.807, 2.05) is 6.26 Å². The highest BCUT2D eigenvalue weighted by Crippen LogP contribution is 2.19. The van der Waals surface area contributed by atoms with Crippen molar-refractivity contribution >= 4 is 17.4 Å². The Morgan fingerprint density at radius 1 is 1.67 bits per heavy atom. The van der Waals surface area contributed by atoms with Gasteiger partial charge in [-0.3, -0.25) is 4.98 Å². The fourth-order valence-corrected chi connectivity index (χ4v) is 1.03. The predicted octanol–water partition coefficient (Wildman–Crippen LogP) is 1.39. The van der Waals surface area contributed by atoms with Gasteiger partial charge in [-0.1, -0.05) is 0 Å². The molecule has 3 heteroatoms. The lowest BCUT2D eigenvalue weighted by atomic mass is 10.4. The number of hydrogen-bond donors (Lipinski definition) is 1. The number of thioether (sulfide) groups is 1. The SMILES string of the molecule is CSc1cnccc1N. The van der Waals surface area contributed by atoms with E-state index in [9.17, 15) is 0 Å². The standard InChI is InChI=1S/C6H8N2S/c1-9-6-4-8-3-2-5(6)7/h2-4H,1H3,(H2,7,8). The van der Waals surface area contributed by atoms with Gasteiger partial charge in [0, 0.05) is 23.0 Å². The van der Waals surface area contributed by atoms with Crippen molar-refractivity contribution in [3.05, 3.63) is 18.5 Å². The van der Waals surface area contributed by atoms with Gasteiger partial charge in [-0.2, -0.15) is 0 Å². The monoisotopic (exact) mass is 140 g/mol. The van der Waals surface area contributed by atoms with Gasteiger partial charge in [0.25, 0.3) is 0 Å². The zero-order chi connectivity index (χ0) is 6.69. The third-order valence-corrected chi connectivity index (χ3v) is 1.82. The summed E-state index contributed by atoms with van der Waals surface area (Å²) in [5, 5.41) is 0. The molecule has 0 amide bonds. The lowest BCUT2D eigenvalue weighted by Crippen LogP contribution is -1.87.